The number of rotatable bonds is 5. The van der Waals surface area contributed by atoms with Crippen molar-refractivity contribution in [3.05, 3.63) is 77.9 Å². The summed E-state index contributed by atoms with van der Waals surface area (Å²) in [5.41, 5.74) is 3.35. The molecule has 0 radical (unpaired) electrons. The highest BCUT2D eigenvalue weighted by molar-refractivity contribution is 6.05. The molecule has 1 aliphatic rings. The molecule has 7 heteroatoms. The molecule has 7 nitrogen and oxygen atoms in total. The number of aryl methyl sites for hydroxylation is 1. The van der Waals surface area contributed by atoms with Crippen LogP contribution in [0.2, 0.25) is 0 Å². The number of nitrogens with one attached hydrogen (secondary N) is 1. The fraction of sp³-hybridized carbons (Fsp3) is 0.217. The van der Waals surface area contributed by atoms with Gasteiger partial charge < -0.3 is 15.0 Å². The molecule has 0 saturated heterocycles. The summed E-state index contributed by atoms with van der Waals surface area (Å²) in [4.78, 5) is 35.9. The van der Waals surface area contributed by atoms with Gasteiger partial charge in [0, 0.05) is 24.5 Å². The Kier molecular flexibility index (Phi) is 5.70. The van der Waals surface area contributed by atoms with Crippen LogP contribution in [0.25, 0.3) is 0 Å². The molecular weight excluding hydrogens is 380 g/mol. The highest BCUT2D eigenvalue weighted by atomic mass is 16.5. The summed E-state index contributed by atoms with van der Waals surface area (Å²) < 4.78 is 5.37. The lowest BCUT2D eigenvalue weighted by atomic mass is 10.0. The van der Waals surface area contributed by atoms with Crippen LogP contribution in [0.1, 0.15) is 28.0 Å². The number of para-hydroxylation sites is 1. The third kappa shape index (κ3) is 4.15. The molecule has 1 aromatic carbocycles. The van der Waals surface area contributed by atoms with Crippen LogP contribution in [0, 0.1) is 0 Å². The molecule has 2 amide bonds. The minimum Gasteiger partial charge on any atom is -0.496 e. The number of anilines is 2. The third-order valence-corrected chi connectivity index (χ3v) is 5.05. The number of hydrogen-bond acceptors (Lipinski definition) is 5. The van der Waals surface area contributed by atoms with Crippen molar-refractivity contribution in [3.63, 3.8) is 0 Å². The summed E-state index contributed by atoms with van der Waals surface area (Å²) in [5, 5.41) is 2.80. The second kappa shape index (κ2) is 8.73. The monoisotopic (exact) mass is 402 g/mol. The number of fused-ring (bicyclic) bond motifs is 1. The van der Waals surface area contributed by atoms with Gasteiger partial charge in [-0.15, -0.1) is 0 Å². The zero-order chi connectivity index (χ0) is 20.9. The van der Waals surface area contributed by atoms with Gasteiger partial charge in [0.15, 0.2) is 0 Å². The summed E-state index contributed by atoms with van der Waals surface area (Å²) in [6, 6.07) is 12.7. The smallest absolute Gasteiger partial charge is 0.257 e. The number of ether oxygens (including phenoxy) is 1. The van der Waals surface area contributed by atoms with E-state index in [0.29, 0.717) is 29.2 Å². The normalized spacial score (nSPS) is 12.8. The number of carbonyl (C=O) groups is 2. The highest BCUT2D eigenvalue weighted by Gasteiger charge is 2.25. The fourth-order valence-corrected chi connectivity index (χ4v) is 3.56. The van der Waals surface area contributed by atoms with Gasteiger partial charge in [-0.1, -0.05) is 18.2 Å². The second-order valence-corrected chi connectivity index (χ2v) is 7.02. The van der Waals surface area contributed by atoms with E-state index >= 15 is 0 Å². The summed E-state index contributed by atoms with van der Waals surface area (Å²) in [6.45, 7) is 0.594. The third-order valence-electron chi connectivity index (χ3n) is 5.05. The number of hydrogen-bond donors (Lipinski definition) is 1. The zero-order valence-corrected chi connectivity index (χ0v) is 16.7. The van der Waals surface area contributed by atoms with Gasteiger partial charge in [0.05, 0.1) is 42.4 Å². The molecule has 30 heavy (non-hydrogen) atoms. The molecular formula is C23H22N4O3. The van der Waals surface area contributed by atoms with Gasteiger partial charge in [-0.25, -0.2) is 0 Å². The first-order valence-electron chi connectivity index (χ1n) is 9.78. The van der Waals surface area contributed by atoms with E-state index in [1.54, 1.807) is 48.8 Å². The van der Waals surface area contributed by atoms with Crippen molar-refractivity contribution in [2.24, 2.45) is 0 Å². The zero-order valence-electron chi connectivity index (χ0n) is 16.7. The maximum Gasteiger partial charge on any atom is 0.257 e. The number of carbonyl (C=O) groups excluding carboxylic acids is 2. The molecule has 1 aliphatic heterocycles. The molecule has 0 atom stereocenters. The van der Waals surface area contributed by atoms with Crippen molar-refractivity contribution in [1.29, 1.82) is 0 Å². The number of methoxy groups -OCH3 is 1. The van der Waals surface area contributed by atoms with Gasteiger partial charge in [-0.2, -0.15) is 0 Å². The van der Waals surface area contributed by atoms with Gasteiger partial charge in [0.25, 0.3) is 5.91 Å². The van der Waals surface area contributed by atoms with E-state index in [1.807, 2.05) is 24.3 Å². The van der Waals surface area contributed by atoms with Crippen molar-refractivity contribution in [3.8, 4) is 5.75 Å². The molecule has 0 aliphatic carbocycles. The summed E-state index contributed by atoms with van der Waals surface area (Å²) >= 11 is 0. The van der Waals surface area contributed by atoms with Crippen molar-refractivity contribution in [2.45, 2.75) is 19.3 Å². The van der Waals surface area contributed by atoms with Crippen LogP contribution >= 0.6 is 0 Å². The minimum atomic E-state index is -0.291. The fourth-order valence-electron chi connectivity index (χ4n) is 3.56. The number of pyridine rings is 2. The molecule has 4 rings (SSSR count). The van der Waals surface area contributed by atoms with Gasteiger partial charge in [0.1, 0.15) is 5.75 Å². The maximum absolute atomic E-state index is 13.1. The van der Waals surface area contributed by atoms with Crippen LogP contribution in [-0.2, 0) is 17.6 Å². The Bertz CT molecular complexity index is 1070. The molecule has 0 saturated carbocycles. The molecule has 3 aromatic rings. The van der Waals surface area contributed by atoms with Crippen molar-refractivity contribution in [2.75, 3.05) is 23.9 Å². The Morgan fingerprint density at radius 3 is 2.83 bits per heavy atom. The molecule has 3 heterocycles. The standard InChI is InChI=1S/C23H22N4O3/c1-30-21-9-3-2-6-16(21)13-22(28)27-11-5-8-19-20(27)12-17(14-25-19)23(29)26-18-7-4-10-24-15-18/h2-4,6-7,9-10,12,14-15H,5,8,11,13H2,1H3,(H,26,29). The van der Waals surface area contributed by atoms with Crippen molar-refractivity contribution < 1.29 is 14.3 Å². The first-order chi connectivity index (χ1) is 14.7. The first kappa shape index (κ1) is 19.6. The second-order valence-electron chi connectivity index (χ2n) is 7.02. The Labute approximate surface area is 174 Å². The van der Waals surface area contributed by atoms with E-state index in [1.165, 1.54) is 0 Å². The van der Waals surface area contributed by atoms with Crippen LogP contribution < -0.4 is 15.0 Å². The topological polar surface area (TPSA) is 84.4 Å². The van der Waals surface area contributed by atoms with E-state index < -0.39 is 0 Å². The lowest BCUT2D eigenvalue weighted by molar-refractivity contribution is -0.118. The first-order valence-corrected chi connectivity index (χ1v) is 9.78. The predicted octanol–water partition coefficient (Wildman–Crippen LogP) is 3.26. The van der Waals surface area contributed by atoms with E-state index in [0.717, 1.165) is 24.1 Å². The summed E-state index contributed by atoms with van der Waals surface area (Å²) in [5.74, 6) is 0.346. The van der Waals surface area contributed by atoms with Gasteiger partial charge in [0.2, 0.25) is 5.91 Å². The summed E-state index contributed by atoms with van der Waals surface area (Å²) in [7, 11) is 1.59. The minimum absolute atomic E-state index is 0.0490. The lowest BCUT2D eigenvalue weighted by Gasteiger charge is -2.29. The lowest BCUT2D eigenvalue weighted by Crippen LogP contribution is -2.37. The van der Waals surface area contributed by atoms with Crippen LogP contribution in [0.15, 0.2) is 61.1 Å². The molecule has 0 spiro atoms. The number of aromatic nitrogens is 2. The average Bonchev–Trinajstić information content (AvgIpc) is 2.79. The molecule has 0 fully saturated rings. The average molecular weight is 402 g/mol. The maximum atomic E-state index is 13.1. The van der Waals surface area contributed by atoms with Gasteiger partial charge in [-0.3, -0.25) is 19.6 Å². The SMILES string of the molecule is COc1ccccc1CC(=O)N1CCCc2ncc(C(=O)Nc3cccnc3)cc21. The van der Waals surface area contributed by atoms with E-state index in [4.69, 9.17) is 4.74 Å². The van der Waals surface area contributed by atoms with Crippen LogP contribution in [0.5, 0.6) is 5.75 Å². The Balaban J connectivity index is 1.57. The Morgan fingerprint density at radius 2 is 2.03 bits per heavy atom. The number of nitrogens with zero attached hydrogens (tertiary/aromatic N) is 3. The number of benzene rings is 1. The van der Waals surface area contributed by atoms with E-state index in [-0.39, 0.29) is 18.2 Å². The van der Waals surface area contributed by atoms with E-state index in [2.05, 4.69) is 15.3 Å². The quantitative estimate of drug-likeness (QED) is 0.708. The summed E-state index contributed by atoms with van der Waals surface area (Å²) in [6.07, 6.45) is 6.60. The number of amides is 2. The highest BCUT2D eigenvalue weighted by Crippen LogP contribution is 2.28. The molecule has 0 bridgehead atoms. The van der Waals surface area contributed by atoms with Gasteiger partial charge >= 0.3 is 0 Å². The van der Waals surface area contributed by atoms with Crippen molar-refractivity contribution >= 4 is 23.2 Å². The van der Waals surface area contributed by atoms with Crippen LogP contribution in [-0.4, -0.2) is 35.4 Å². The molecule has 1 N–H and O–H groups in total. The van der Waals surface area contributed by atoms with Gasteiger partial charge in [-0.05, 0) is 37.1 Å². The molecule has 0 unspecified atom stereocenters. The molecule has 152 valence electrons. The van der Waals surface area contributed by atoms with Crippen LogP contribution in [0.4, 0.5) is 11.4 Å². The van der Waals surface area contributed by atoms with E-state index in [9.17, 15) is 9.59 Å². The van der Waals surface area contributed by atoms with Crippen molar-refractivity contribution in [1.82, 2.24) is 9.97 Å². The largest absolute Gasteiger partial charge is 0.496 e. The molecule has 2 aromatic heterocycles. The Hall–Kier alpha value is -3.74. The van der Waals surface area contributed by atoms with Crippen LogP contribution in [0.3, 0.4) is 0 Å². The predicted molar refractivity (Wildman–Crippen MR) is 114 cm³/mol. The Morgan fingerprint density at radius 1 is 1.17 bits per heavy atom.